The summed E-state index contributed by atoms with van der Waals surface area (Å²) in [5.41, 5.74) is 0.566. The molecule has 2 aromatic rings. The van der Waals surface area contributed by atoms with Crippen LogP contribution in [0.1, 0.15) is 34.1 Å². The zero-order valence-electron chi connectivity index (χ0n) is 16.5. The van der Waals surface area contributed by atoms with E-state index in [1.54, 1.807) is 12.1 Å². The van der Waals surface area contributed by atoms with E-state index < -0.39 is 5.97 Å². The maximum atomic E-state index is 12.0. The number of carbonyl (C=O) groups excluding carboxylic acids is 2. The number of amides is 1. The molecule has 0 aliphatic carbocycles. The SMILES string of the molecule is CCn1c(SCC(=O)OCC(=O)NC(C)(C)CC)nnc1-c1ccc(Cl)cc1. The average molecular weight is 425 g/mol. The first kappa shape index (κ1) is 22.2. The van der Waals surface area contributed by atoms with Gasteiger partial charge >= 0.3 is 5.97 Å². The van der Waals surface area contributed by atoms with Gasteiger partial charge in [0.2, 0.25) is 0 Å². The molecule has 2 rings (SSSR count). The molecule has 0 radical (unpaired) electrons. The Morgan fingerprint density at radius 2 is 1.89 bits per heavy atom. The molecule has 9 heteroatoms. The van der Waals surface area contributed by atoms with Gasteiger partial charge in [0.1, 0.15) is 0 Å². The molecule has 0 saturated heterocycles. The van der Waals surface area contributed by atoms with Crippen LogP contribution in [0, 0.1) is 0 Å². The monoisotopic (exact) mass is 424 g/mol. The minimum atomic E-state index is -0.479. The molecule has 0 aliphatic heterocycles. The van der Waals surface area contributed by atoms with Gasteiger partial charge in [-0.15, -0.1) is 10.2 Å². The molecule has 1 N–H and O–H groups in total. The number of nitrogens with one attached hydrogen (secondary N) is 1. The number of ether oxygens (including phenoxy) is 1. The first-order valence-corrected chi connectivity index (χ1v) is 10.4. The molecule has 0 spiro atoms. The van der Waals surface area contributed by atoms with E-state index in [-0.39, 0.29) is 23.8 Å². The van der Waals surface area contributed by atoms with Crippen molar-refractivity contribution in [3.63, 3.8) is 0 Å². The normalized spacial score (nSPS) is 11.3. The summed E-state index contributed by atoms with van der Waals surface area (Å²) >= 11 is 7.16. The van der Waals surface area contributed by atoms with Crippen molar-refractivity contribution in [2.45, 2.75) is 51.4 Å². The highest BCUT2D eigenvalue weighted by Crippen LogP contribution is 2.25. The van der Waals surface area contributed by atoms with Crippen molar-refractivity contribution in [3.05, 3.63) is 29.3 Å². The number of carbonyl (C=O) groups is 2. The summed E-state index contributed by atoms with van der Waals surface area (Å²) in [6.45, 7) is 8.14. The highest BCUT2D eigenvalue weighted by molar-refractivity contribution is 7.99. The Morgan fingerprint density at radius 3 is 2.50 bits per heavy atom. The molecule has 1 aromatic carbocycles. The number of esters is 1. The first-order chi connectivity index (χ1) is 13.3. The Balaban J connectivity index is 1.91. The number of nitrogens with zero attached hydrogens (tertiary/aromatic N) is 3. The van der Waals surface area contributed by atoms with Gasteiger partial charge in [-0.2, -0.15) is 0 Å². The van der Waals surface area contributed by atoms with Gasteiger partial charge in [-0.05, 0) is 51.5 Å². The van der Waals surface area contributed by atoms with Crippen molar-refractivity contribution in [1.82, 2.24) is 20.1 Å². The van der Waals surface area contributed by atoms with Crippen LogP contribution in [0.15, 0.2) is 29.4 Å². The zero-order valence-corrected chi connectivity index (χ0v) is 18.1. The van der Waals surface area contributed by atoms with Crippen LogP contribution in [-0.4, -0.2) is 44.5 Å². The summed E-state index contributed by atoms with van der Waals surface area (Å²) < 4.78 is 6.96. The van der Waals surface area contributed by atoms with Crippen molar-refractivity contribution < 1.29 is 14.3 Å². The van der Waals surface area contributed by atoms with Crippen molar-refractivity contribution in [3.8, 4) is 11.4 Å². The Kier molecular flexibility index (Phi) is 7.88. The minimum absolute atomic E-state index is 0.0448. The van der Waals surface area contributed by atoms with Gasteiger partial charge in [0.05, 0.1) is 5.75 Å². The van der Waals surface area contributed by atoms with Crippen LogP contribution in [0.25, 0.3) is 11.4 Å². The van der Waals surface area contributed by atoms with Gasteiger partial charge in [-0.1, -0.05) is 30.3 Å². The molecular formula is C19H25ClN4O3S. The summed E-state index contributed by atoms with van der Waals surface area (Å²) in [5.74, 6) is -0.0419. The lowest BCUT2D eigenvalue weighted by molar-refractivity contribution is -0.146. The molecule has 0 saturated carbocycles. The maximum Gasteiger partial charge on any atom is 0.316 e. The third-order valence-electron chi connectivity index (χ3n) is 4.18. The van der Waals surface area contributed by atoms with E-state index in [1.165, 1.54) is 11.8 Å². The van der Waals surface area contributed by atoms with Crippen molar-refractivity contribution in [2.24, 2.45) is 0 Å². The lowest BCUT2D eigenvalue weighted by Gasteiger charge is -2.24. The van der Waals surface area contributed by atoms with Crippen LogP contribution < -0.4 is 5.32 Å². The van der Waals surface area contributed by atoms with Crippen LogP contribution in [-0.2, 0) is 20.9 Å². The molecule has 0 unspecified atom stereocenters. The highest BCUT2D eigenvalue weighted by atomic mass is 35.5. The summed E-state index contributed by atoms with van der Waals surface area (Å²) in [6, 6.07) is 7.33. The third kappa shape index (κ3) is 6.24. The molecule has 0 aliphatic rings. The minimum Gasteiger partial charge on any atom is -0.455 e. The number of thioether (sulfide) groups is 1. The smallest absolute Gasteiger partial charge is 0.316 e. The number of benzene rings is 1. The van der Waals surface area contributed by atoms with E-state index >= 15 is 0 Å². The van der Waals surface area contributed by atoms with Crippen molar-refractivity contribution >= 4 is 35.2 Å². The van der Waals surface area contributed by atoms with Gasteiger partial charge in [-0.25, -0.2) is 0 Å². The van der Waals surface area contributed by atoms with Gasteiger partial charge in [-0.3, -0.25) is 9.59 Å². The number of rotatable bonds is 9. The summed E-state index contributed by atoms with van der Waals surface area (Å²) in [4.78, 5) is 23.8. The Morgan fingerprint density at radius 1 is 1.21 bits per heavy atom. The zero-order chi connectivity index (χ0) is 20.7. The van der Waals surface area contributed by atoms with E-state index in [0.29, 0.717) is 22.5 Å². The molecule has 1 amide bonds. The number of hydrogen-bond donors (Lipinski definition) is 1. The molecule has 1 aromatic heterocycles. The molecule has 0 bridgehead atoms. The fourth-order valence-electron chi connectivity index (χ4n) is 2.31. The van der Waals surface area contributed by atoms with E-state index in [0.717, 1.165) is 12.0 Å². The molecule has 0 fully saturated rings. The quantitative estimate of drug-likeness (QED) is 0.489. The van der Waals surface area contributed by atoms with E-state index in [2.05, 4.69) is 15.5 Å². The lowest BCUT2D eigenvalue weighted by Crippen LogP contribution is -2.44. The average Bonchev–Trinajstić information content (AvgIpc) is 3.08. The molecule has 0 atom stereocenters. The predicted octanol–water partition coefficient (Wildman–Crippen LogP) is 3.56. The molecular weight excluding hydrogens is 400 g/mol. The van der Waals surface area contributed by atoms with E-state index in [4.69, 9.17) is 16.3 Å². The second-order valence-corrected chi connectivity index (χ2v) is 8.17. The molecule has 1 heterocycles. The highest BCUT2D eigenvalue weighted by Gasteiger charge is 2.19. The predicted molar refractivity (Wildman–Crippen MR) is 110 cm³/mol. The Bertz CT molecular complexity index is 821. The standard InChI is InChI=1S/C19H25ClN4O3S/c1-5-19(3,4)21-15(25)11-27-16(26)12-28-18-23-22-17(24(18)6-2)13-7-9-14(20)10-8-13/h7-10H,5-6,11-12H2,1-4H3,(H,21,25). The number of hydrogen-bond acceptors (Lipinski definition) is 6. The maximum absolute atomic E-state index is 12.0. The lowest BCUT2D eigenvalue weighted by atomic mass is 10.0. The summed E-state index contributed by atoms with van der Waals surface area (Å²) in [6.07, 6.45) is 0.783. The van der Waals surface area contributed by atoms with Crippen molar-refractivity contribution in [1.29, 1.82) is 0 Å². The third-order valence-corrected chi connectivity index (χ3v) is 5.37. The van der Waals surface area contributed by atoms with Crippen LogP contribution >= 0.6 is 23.4 Å². The van der Waals surface area contributed by atoms with E-state index in [1.807, 2.05) is 44.4 Å². The van der Waals surface area contributed by atoms with Gasteiger partial charge in [0, 0.05) is 22.7 Å². The second-order valence-electron chi connectivity index (χ2n) is 6.79. The topological polar surface area (TPSA) is 86.1 Å². The van der Waals surface area contributed by atoms with Crippen molar-refractivity contribution in [2.75, 3.05) is 12.4 Å². The summed E-state index contributed by atoms with van der Waals surface area (Å²) in [5, 5.41) is 12.5. The summed E-state index contributed by atoms with van der Waals surface area (Å²) in [7, 11) is 0. The Hall–Kier alpha value is -2.06. The van der Waals surface area contributed by atoms with Crippen LogP contribution in [0.4, 0.5) is 0 Å². The van der Waals surface area contributed by atoms with Gasteiger partial charge < -0.3 is 14.6 Å². The van der Waals surface area contributed by atoms with Crippen LogP contribution in [0.3, 0.4) is 0 Å². The molecule has 28 heavy (non-hydrogen) atoms. The second kappa shape index (κ2) is 9.93. The molecule has 7 nitrogen and oxygen atoms in total. The molecule has 152 valence electrons. The van der Waals surface area contributed by atoms with E-state index in [9.17, 15) is 9.59 Å². The van der Waals surface area contributed by atoms with Crippen LogP contribution in [0.5, 0.6) is 0 Å². The number of halogens is 1. The number of aromatic nitrogens is 3. The Labute approximate surface area is 174 Å². The van der Waals surface area contributed by atoms with Gasteiger partial charge in [0.15, 0.2) is 17.6 Å². The van der Waals surface area contributed by atoms with Gasteiger partial charge in [0.25, 0.3) is 5.91 Å². The fourth-order valence-corrected chi connectivity index (χ4v) is 3.23. The van der Waals surface area contributed by atoms with Crippen LogP contribution in [0.2, 0.25) is 5.02 Å². The fraction of sp³-hybridized carbons (Fsp3) is 0.474. The first-order valence-electron chi connectivity index (χ1n) is 9.04. The largest absolute Gasteiger partial charge is 0.455 e.